The number of nitrogen functional groups attached to an aromatic ring is 2. The first kappa shape index (κ1) is 9.61. The molecule has 70 valence electrons. The molecule has 1 atom stereocenters. The Bertz CT molecular complexity index is 308. The highest BCUT2D eigenvalue weighted by molar-refractivity contribution is 5.68. The molecule has 0 saturated carbocycles. The summed E-state index contributed by atoms with van der Waals surface area (Å²) in [7, 11) is 0. The monoisotopic (exact) mass is 177 g/mol. The maximum absolute atomic E-state index is 5.77. The van der Waals surface area contributed by atoms with E-state index in [1.807, 2.05) is 13.0 Å². The van der Waals surface area contributed by atoms with Crippen LogP contribution < -0.4 is 17.2 Å². The fourth-order valence-electron chi connectivity index (χ4n) is 1.18. The molecular formula is C10H15N3. The largest absolute Gasteiger partial charge is 0.397 e. The highest BCUT2D eigenvalue weighted by atomic mass is 14.7. The van der Waals surface area contributed by atoms with Gasteiger partial charge in [0.15, 0.2) is 0 Å². The van der Waals surface area contributed by atoms with Crippen LogP contribution in [-0.4, -0.2) is 0 Å². The summed E-state index contributed by atoms with van der Waals surface area (Å²) in [5.41, 5.74) is 20.3. The topological polar surface area (TPSA) is 78.1 Å². The lowest BCUT2D eigenvalue weighted by Crippen LogP contribution is -2.08. The van der Waals surface area contributed by atoms with Crippen molar-refractivity contribution in [1.29, 1.82) is 0 Å². The Hall–Kier alpha value is -1.48. The van der Waals surface area contributed by atoms with E-state index in [-0.39, 0.29) is 6.04 Å². The Morgan fingerprint density at radius 1 is 1.38 bits per heavy atom. The van der Waals surface area contributed by atoms with Gasteiger partial charge in [0.2, 0.25) is 0 Å². The van der Waals surface area contributed by atoms with Crippen LogP contribution >= 0.6 is 0 Å². The van der Waals surface area contributed by atoms with E-state index in [0.29, 0.717) is 11.4 Å². The molecule has 0 aromatic heterocycles. The molecule has 0 bridgehead atoms. The summed E-state index contributed by atoms with van der Waals surface area (Å²) in [6, 6.07) is 3.54. The summed E-state index contributed by atoms with van der Waals surface area (Å²) >= 11 is 0. The Balaban J connectivity index is 3.20. The second-order valence-corrected chi connectivity index (χ2v) is 3.10. The maximum atomic E-state index is 5.77. The van der Waals surface area contributed by atoms with E-state index in [1.165, 1.54) is 0 Å². The van der Waals surface area contributed by atoms with Crippen molar-refractivity contribution in [3.05, 3.63) is 35.9 Å². The highest BCUT2D eigenvalue weighted by Gasteiger charge is 2.06. The van der Waals surface area contributed by atoms with Crippen LogP contribution in [0.25, 0.3) is 0 Å². The van der Waals surface area contributed by atoms with Gasteiger partial charge in [0, 0.05) is 6.04 Å². The lowest BCUT2D eigenvalue weighted by Gasteiger charge is -2.11. The molecule has 3 nitrogen and oxygen atoms in total. The van der Waals surface area contributed by atoms with Crippen LogP contribution in [0.15, 0.2) is 24.8 Å². The number of nitrogens with two attached hydrogens (primary N) is 3. The smallest absolute Gasteiger partial charge is 0.0577 e. The van der Waals surface area contributed by atoms with Crippen LogP contribution in [0.1, 0.15) is 17.2 Å². The zero-order valence-corrected chi connectivity index (χ0v) is 7.75. The second kappa shape index (κ2) is 3.49. The number of aryl methyl sites for hydroxylation is 1. The molecule has 1 aromatic rings. The van der Waals surface area contributed by atoms with E-state index in [2.05, 4.69) is 6.58 Å². The van der Waals surface area contributed by atoms with E-state index in [9.17, 15) is 0 Å². The first-order valence-electron chi connectivity index (χ1n) is 4.10. The van der Waals surface area contributed by atoms with Crippen LogP contribution in [0.5, 0.6) is 0 Å². The van der Waals surface area contributed by atoms with E-state index in [1.54, 1.807) is 12.1 Å². The Labute approximate surface area is 78.2 Å². The predicted molar refractivity (Wildman–Crippen MR) is 57.1 cm³/mol. The van der Waals surface area contributed by atoms with Crippen LogP contribution in [0.2, 0.25) is 0 Å². The average molecular weight is 177 g/mol. The average Bonchev–Trinajstić information content (AvgIpc) is 2.12. The predicted octanol–water partition coefficient (Wildman–Crippen LogP) is 1.35. The maximum Gasteiger partial charge on any atom is 0.0577 e. The Kier molecular flexibility index (Phi) is 2.58. The van der Waals surface area contributed by atoms with E-state index in [0.717, 1.165) is 11.1 Å². The fourth-order valence-corrected chi connectivity index (χ4v) is 1.18. The minimum absolute atomic E-state index is 0.179. The van der Waals surface area contributed by atoms with Gasteiger partial charge in [0.05, 0.1) is 11.4 Å². The molecule has 0 spiro atoms. The molecule has 1 rings (SSSR count). The van der Waals surface area contributed by atoms with Gasteiger partial charge in [-0.05, 0) is 24.1 Å². The molecule has 0 fully saturated rings. The van der Waals surface area contributed by atoms with Gasteiger partial charge in [0.25, 0.3) is 0 Å². The van der Waals surface area contributed by atoms with Crippen molar-refractivity contribution < 1.29 is 0 Å². The van der Waals surface area contributed by atoms with Crippen LogP contribution in [-0.2, 0) is 0 Å². The molecule has 0 aliphatic carbocycles. The normalized spacial score (nSPS) is 12.5. The Morgan fingerprint density at radius 3 is 2.46 bits per heavy atom. The van der Waals surface area contributed by atoms with Gasteiger partial charge in [-0.1, -0.05) is 12.1 Å². The number of anilines is 2. The third-order valence-corrected chi connectivity index (χ3v) is 2.08. The zero-order chi connectivity index (χ0) is 10.0. The molecule has 13 heavy (non-hydrogen) atoms. The first-order chi connectivity index (χ1) is 6.06. The molecule has 0 saturated heterocycles. The molecule has 0 heterocycles. The Morgan fingerprint density at radius 2 is 2.00 bits per heavy atom. The molecule has 0 aliphatic rings. The third-order valence-electron chi connectivity index (χ3n) is 2.08. The van der Waals surface area contributed by atoms with Gasteiger partial charge in [-0.15, -0.1) is 6.58 Å². The molecule has 0 unspecified atom stereocenters. The summed E-state index contributed by atoms with van der Waals surface area (Å²) < 4.78 is 0. The quantitative estimate of drug-likeness (QED) is 0.471. The van der Waals surface area contributed by atoms with Gasteiger partial charge in [-0.2, -0.15) is 0 Å². The molecule has 3 heteroatoms. The van der Waals surface area contributed by atoms with E-state index >= 15 is 0 Å². The first-order valence-corrected chi connectivity index (χ1v) is 4.10. The number of hydrogen-bond donors (Lipinski definition) is 3. The van der Waals surface area contributed by atoms with Gasteiger partial charge in [0.1, 0.15) is 0 Å². The van der Waals surface area contributed by atoms with Gasteiger partial charge >= 0.3 is 0 Å². The molecule has 0 radical (unpaired) electrons. The highest BCUT2D eigenvalue weighted by Crippen LogP contribution is 2.24. The summed E-state index contributed by atoms with van der Waals surface area (Å²) in [6.07, 6.45) is 1.67. The zero-order valence-electron chi connectivity index (χ0n) is 7.75. The summed E-state index contributed by atoms with van der Waals surface area (Å²) in [5, 5.41) is 0. The summed E-state index contributed by atoms with van der Waals surface area (Å²) in [5.74, 6) is 0. The van der Waals surface area contributed by atoms with Crippen molar-refractivity contribution in [3.8, 4) is 0 Å². The molecule has 6 N–H and O–H groups in total. The van der Waals surface area contributed by atoms with Gasteiger partial charge in [-0.25, -0.2) is 0 Å². The number of rotatable bonds is 2. The number of benzene rings is 1. The lowest BCUT2D eigenvalue weighted by atomic mass is 10.0. The lowest BCUT2D eigenvalue weighted by molar-refractivity contribution is 0.913. The minimum atomic E-state index is -0.179. The van der Waals surface area contributed by atoms with Crippen molar-refractivity contribution >= 4 is 11.4 Å². The molecule has 0 aliphatic heterocycles. The molecular weight excluding hydrogens is 162 g/mol. The number of hydrogen-bond acceptors (Lipinski definition) is 3. The fraction of sp³-hybridized carbons (Fsp3) is 0.200. The molecule has 1 aromatic carbocycles. The van der Waals surface area contributed by atoms with Gasteiger partial charge < -0.3 is 17.2 Å². The van der Waals surface area contributed by atoms with Gasteiger partial charge in [-0.3, -0.25) is 0 Å². The standard InChI is InChI=1S/C10H15N3/c1-3-8(11)7-4-6(2)10(13)9(12)5-7/h3-5,8H,1,11-13H2,2H3/t8-/m1/s1. The third kappa shape index (κ3) is 1.81. The van der Waals surface area contributed by atoms with Crippen molar-refractivity contribution in [2.45, 2.75) is 13.0 Å². The van der Waals surface area contributed by atoms with E-state index < -0.39 is 0 Å². The van der Waals surface area contributed by atoms with Crippen LogP contribution in [0, 0.1) is 6.92 Å². The summed E-state index contributed by atoms with van der Waals surface area (Å²) in [4.78, 5) is 0. The summed E-state index contributed by atoms with van der Waals surface area (Å²) in [6.45, 7) is 5.53. The van der Waals surface area contributed by atoms with Crippen LogP contribution in [0.3, 0.4) is 0 Å². The SMILES string of the molecule is C=C[C@@H](N)c1cc(C)c(N)c(N)c1. The minimum Gasteiger partial charge on any atom is -0.397 e. The molecule has 0 amide bonds. The van der Waals surface area contributed by atoms with Crippen molar-refractivity contribution in [3.63, 3.8) is 0 Å². The van der Waals surface area contributed by atoms with Crippen molar-refractivity contribution in [2.24, 2.45) is 5.73 Å². The second-order valence-electron chi connectivity index (χ2n) is 3.10. The van der Waals surface area contributed by atoms with E-state index in [4.69, 9.17) is 17.2 Å². The van der Waals surface area contributed by atoms with Crippen LogP contribution in [0.4, 0.5) is 11.4 Å². The van der Waals surface area contributed by atoms with Crippen molar-refractivity contribution in [1.82, 2.24) is 0 Å². The van der Waals surface area contributed by atoms with Crippen molar-refractivity contribution in [2.75, 3.05) is 11.5 Å².